The number of benzene rings is 1. The molecule has 2 rings (SSSR count). The molecule has 1 aliphatic carbocycles. The quantitative estimate of drug-likeness (QED) is 0.824. The van der Waals surface area contributed by atoms with E-state index in [2.05, 4.69) is 35.2 Å². The summed E-state index contributed by atoms with van der Waals surface area (Å²) in [6.45, 7) is 0.948. The lowest BCUT2D eigenvalue weighted by atomic mass is 9.93. The third kappa shape index (κ3) is 3.70. The van der Waals surface area contributed by atoms with Gasteiger partial charge in [0.05, 0.1) is 4.99 Å². The van der Waals surface area contributed by atoms with E-state index >= 15 is 0 Å². The van der Waals surface area contributed by atoms with Crippen molar-refractivity contribution in [2.45, 2.75) is 44.6 Å². The molecule has 2 nitrogen and oxygen atoms in total. The fraction of sp³-hybridized carbons (Fsp3) is 0.533. The zero-order valence-electron chi connectivity index (χ0n) is 10.8. The third-order valence-electron chi connectivity index (χ3n) is 3.70. The summed E-state index contributed by atoms with van der Waals surface area (Å²) in [6.07, 6.45) is 7.48. The lowest BCUT2D eigenvalue weighted by Gasteiger charge is -2.36. The predicted molar refractivity (Wildman–Crippen MR) is 82.1 cm³/mol. The number of nitrogens with zero attached hydrogens (tertiary/aromatic N) is 1. The average molecular weight is 262 g/mol. The molecule has 98 valence electrons. The maximum atomic E-state index is 5.65. The Bertz CT molecular complexity index is 371. The van der Waals surface area contributed by atoms with Gasteiger partial charge in [-0.1, -0.05) is 49.7 Å². The van der Waals surface area contributed by atoms with Gasteiger partial charge in [0.1, 0.15) is 0 Å². The average Bonchev–Trinajstić information content (AvgIpc) is 2.41. The molecule has 0 unspecified atom stereocenters. The minimum Gasteiger partial charge on any atom is -0.393 e. The van der Waals surface area contributed by atoms with Gasteiger partial charge < -0.3 is 10.6 Å². The summed E-state index contributed by atoms with van der Waals surface area (Å²) in [7, 11) is 0. The Labute approximate surface area is 115 Å². The van der Waals surface area contributed by atoms with E-state index in [0.29, 0.717) is 11.0 Å². The second kappa shape index (κ2) is 6.74. The van der Waals surface area contributed by atoms with Gasteiger partial charge in [0.15, 0.2) is 0 Å². The minimum absolute atomic E-state index is 0.617. The van der Waals surface area contributed by atoms with Gasteiger partial charge in [0.2, 0.25) is 0 Å². The number of nitrogens with two attached hydrogens (primary N) is 1. The van der Waals surface area contributed by atoms with Gasteiger partial charge in [-0.05, 0) is 25.0 Å². The molecule has 0 heterocycles. The lowest BCUT2D eigenvalue weighted by molar-refractivity contribution is 0.416. The normalized spacial score (nSPS) is 16.4. The van der Waals surface area contributed by atoms with E-state index in [1.54, 1.807) is 0 Å². The molecule has 1 aliphatic rings. The van der Waals surface area contributed by atoms with E-state index in [1.807, 2.05) is 0 Å². The van der Waals surface area contributed by atoms with Crippen LogP contribution in [0.1, 0.15) is 38.5 Å². The molecule has 0 aromatic heterocycles. The molecule has 0 aliphatic heterocycles. The highest BCUT2D eigenvalue weighted by molar-refractivity contribution is 7.80. The Kier molecular flexibility index (Phi) is 5.00. The third-order valence-corrected chi connectivity index (χ3v) is 3.91. The Morgan fingerprint density at radius 3 is 2.44 bits per heavy atom. The summed E-state index contributed by atoms with van der Waals surface area (Å²) in [4.78, 5) is 3.12. The SMILES string of the molecule is NC(=S)CCN(c1ccccc1)C1CCCCC1. The lowest BCUT2D eigenvalue weighted by Crippen LogP contribution is -2.38. The molecule has 1 saturated carbocycles. The van der Waals surface area contributed by atoms with Crippen LogP contribution < -0.4 is 10.6 Å². The maximum absolute atomic E-state index is 5.65. The summed E-state index contributed by atoms with van der Waals surface area (Å²) in [5, 5.41) is 0. The number of anilines is 1. The molecule has 1 fully saturated rings. The van der Waals surface area contributed by atoms with E-state index in [9.17, 15) is 0 Å². The van der Waals surface area contributed by atoms with E-state index in [1.165, 1.54) is 37.8 Å². The summed E-state index contributed by atoms with van der Waals surface area (Å²) in [6, 6.07) is 11.3. The number of rotatable bonds is 5. The van der Waals surface area contributed by atoms with Crippen molar-refractivity contribution in [3.05, 3.63) is 30.3 Å². The van der Waals surface area contributed by atoms with Crippen molar-refractivity contribution in [2.75, 3.05) is 11.4 Å². The Balaban J connectivity index is 2.08. The molecule has 0 radical (unpaired) electrons. The van der Waals surface area contributed by atoms with Crippen molar-refractivity contribution >= 4 is 22.9 Å². The van der Waals surface area contributed by atoms with E-state index in [0.717, 1.165) is 13.0 Å². The Morgan fingerprint density at radius 1 is 1.17 bits per heavy atom. The molecule has 3 heteroatoms. The van der Waals surface area contributed by atoms with Crippen LogP contribution in [-0.2, 0) is 0 Å². The number of thiocarbonyl (C=S) groups is 1. The Hall–Kier alpha value is -1.09. The largest absolute Gasteiger partial charge is 0.393 e. The zero-order valence-corrected chi connectivity index (χ0v) is 11.7. The van der Waals surface area contributed by atoms with Gasteiger partial charge in [-0.15, -0.1) is 0 Å². The Morgan fingerprint density at radius 2 is 1.83 bits per heavy atom. The van der Waals surface area contributed by atoms with E-state index in [4.69, 9.17) is 18.0 Å². The fourth-order valence-electron chi connectivity index (χ4n) is 2.77. The van der Waals surface area contributed by atoms with Crippen LogP contribution in [0.4, 0.5) is 5.69 Å². The van der Waals surface area contributed by atoms with E-state index in [-0.39, 0.29) is 0 Å². The smallest absolute Gasteiger partial charge is 0.0745 e. The number of hydrogen-bond donors (Lipinski definition) is 1. The number of para-hydroxylation sites is 1. The predicted octanol–water partition coefficient (Wildman–Crippen LogP) is 3.50. The molecule has 1 aromatic carbocycles. The van der Waals surface area contributed by atoms with E-state index < -0.39 is 0 Å². The first-order valence-corrected chi connectivity index (χ1v) is 7.28. The first-order valence-electron chi connectivity index (χ1n) is 6.87. The van der Waals surface area contributed by atoms with Crippen LogP contribution in [0.25, 0.3) is 0 Å². The van der Waals surface area contributed by atoms with Crippen LogP contribution >= 0.6 is 12.2 Å². The van der Waals surface area contributed by atoms with Crippen molar-refractivity contribution in [3.63, 3.8) is 0 Å². The van der Waals surface area contributed by atoms with Crippen LogP contribution in [0, 0.1) is 0 Å². The molecular weight excluding hydrogens is 240 g/mol. The minimum atomic E-state index is 0.617. The topological polar surface area (TPSA) is 29.3 Å². The highest BCUT2D eigenvalue weighted by Crippen LogP contribution is 2.27. The molecule has 18 heavy (non-hydrogen) atoms. The van der Waals surface area contributed by atoms with Crippen LogP contribution in [-0.4, -0.2) is 17.6 Å². The second-order valence-electron chi connectivity index (χ2n) is 5.04. The van der Waals surface area contributed by atoms with Crippen LogP contribution in [0.15, 0.2) is 30.3 Å². The van der Waals surface area contributed by atoms with Crippen molar-refractivity contribution in [1.29, 1.82) is 0 Å². The molecular formula is C15H22N2S. The monoisotopic (exact) mass is 262 g/mol. The number of hydrogen-bond acceptors (Lipinski definition) is 2. The van der Waals surface area contributed by atoms with Gasteiger partial charge >= 0.3 is 0 Å². The molecule has 1 aromatic rings. The molecule has 0 atom stereocenters. The van der Waals surface area contributed by atoms with Gasteiger partial charge in [-0.2, -0.15) is 0 Å². The van der Waals surface area contributed by atoms with Gasteiger partial charge in [-0.3, -0.25) is 0 Å². The highest BCUT2D eigenvalue weighted by Gasteiger charge is 2.21. The molecule has 0 amide bonds. The van der Waals surface area contributed by atoms with Gasteiger partial charge in [0.25, 0.3) is 0 Å². The second-order valence-corrected chi connectivity index (χ2v) is 5.56. The summed E-state index contributed by atoms with van der Waals surface area (Å²) in [5.41, 5.74) is 6.96. The van der Waals surface area contributed by atoms with Crippen molar-refractivity contribution < 1.29 is 0 Å². The molecule has 0 saturated heterocycles. The summed E-state index contributed by atoms with van der Waals surface area (Å²) < 4.78 is 0. The molecule has 0 spiro atoms. The van der Waals surface area contributed by atoms with Gasteiger partial charge in [-0.25, -0.2) is 0 Å². The van der Waals surface area contributed by atoms with Crippen LogP contribution in [0.3, 0.4) is 0 Å². The first kappa shape index (κ1) is 13.3. The van der Waals surface area contributed by atoms with Crippen LogP contribution in [0.2, 0.25) is 0 Å². The molecule has 2 N–H and O–H groups in total. The zero-order chi connectivity index (χ0) is 12.8. The standard InChI is InChI=1S/C15H22N2S/c16-15(18)11-12-17(13-7-3-1-4-8-13)14-9-5-2-6-10-14/h1,3-4,7-8,14H,2,5-6,9-12H2,(H2,16,18). The van der Waals surface area contributed by atoms with Crippen LogP contribution in [0.5, 0.6) is 0 Å². The maximum Gasteiger partial charge on any atom is 0.0745 e. The van der Waals surface area contributed by atoms with Crippen molar-refractivity contribution in [1.82, 2.24) is 0 Å². The first-order chi connectivity index (χ1) is 8.77. The van der Waals surface area contributed by atoms with Crippen molar-refractivity contribution in [2.24, 2.45) is 5.73 Å². The van der Waals surface area contributed by atoms with Crippen molar-refractivity contribution in [3.8, 4) is 0 Å². The summed E-state index contributed by atoms with van der Waals surface area (Å²) in [5.74, 6) is 0. The fourth-order valence-corrected chi connectivity index (χ4v) is 2.86. The van der Waals surface area contributed by atoms with Gasteiger partial charge in [0, 0.05) is 24.7 Å². The summed E-state index contributed by atoms with van der Waals surface area (Å²) >= 11 is 5.02. The molecule has 0 bridgehead atoms. The highest BCUT2D eigenvalue weighted by atomic mass is 32.1.